The van der Waals surface area contributed by atoms with Gasteiger partial charge in [-0.1, -0.05) is 76.1 Å². The standard InChI is InChI=1S/C34H48O8/c1-8-10-11-12-13-14-15-16-30(38)41-29-19-23(4)33(7,18-17-22(3)9-2)28-21-26(37)20-27-31(39-24(5)35)42-32(34(27,28)29)40-25(6)36/h9,13-17,20,23,26,28-29,31-32,37H,2,8,10-12,18-19,21H2,1,3-7H3/b14-13-,16-15+,22-17-/t23-,26+,28+,29-,31-,32-,33+,34-/m0/s1. The SMILES string of the molecule is C=C/C(C)=C\C[C@@]1(C)[C@H]2C[C@H](O)C=C3[C@@H](OC(C)=O)O[C@H](OC(C)=O)[C@@]32[C@@H](OC(=O)/C=C/C=C\CCCCC)C[C@@H]1C. The number of esters is 3. The number of allylic oxidation sites excluding steroid dienone is 6. The van der Waals surface area contributed by atoms with E-state index in [0.717, 1.165) is 31.3 Å². The second-order valence-electron chi connectivity index (χ2n) is 12.1. The maximum absolute atomic E-state index is 13.2. The van der Waals surface area contributed by atoms with E-state index in [1.54, 1.807) is 18.2 Å². The predicted octanol–water partition coefficient (Wildman–Crippen LogP) is 6.26. The molecule has 2 aliphatic carbocycles. The molecule has 0 aromatic carbocycles. The minimum atomic E-state index is -1.20. The number of unbranched alkanes of at least 4 members (excludes halogenated alkanes) is 3. The van der Waals surface area contributed by atoms with Crippen molar-refractivity contribution >= 4 is 17.9 Å². The fourth-order valence-electron chi connectivity index (χ4n) is 6.92. The molecular weight excluding hydrogens is 536 g/mol. The molecular formula is C34H48O8. The summed E-state index contributed by atoms with van der Waals surface area (Å²) in [4.78, 5) is 37.7. The van der Waals surface area contributed by atoms with Gasteiger partial charge in [-0.15, -0.1) is 0 Å². The van der Waals surface area contributed by atoms with E-state index in [4.69, 9.17) is 18.9 Å². The quantitative estimate of drug-likeness (QED) is 0.0715. The van der Waals surface area contributed by atoms with Crippen molar-refractivity contribution in [1.29, 1.82) is 0 Å². The third-order valence-electron chi connectivity index (χ3n) is 9.28. The van der Waals surface area contributed by atoms with Crippen molar-refractivity contribution in [2.45, 2.75) is 111 Å². The van der Waals surface area contributed by atoms with Crippen LogP contribution in [0.25, 0.3) is 0 Å². The summed E-state index contributed by atoms with van der Waals surface area (Å²) in [6.45, 7) is 14.8. The summed E-state index contributed by atoms with van der Waals surface area (Å²) in [6, 6.07) is 0. The van der Waals surface area contributed by atoms with Crippen LogP contribution in [-0.4, -0.2) is 47.8 Å². The molecule has 1 spiro atoms. The van der Waals surface area contributed by atoms with Crippen molar-refractivity contribution in [2.75, 3.05) is 0 Å². The van der Waals surface area contributed by atoms with E-state index in [9.17, 15) is 19.5 Å². The first-order valence-corrected chi connectivity index (χ1v) is 15.1. The summed E-state index contributed by atoms with van der Waals surface area (Å²) >= 11 is 0. The van der Waals surface area contributed by atoms with E-state index in [1.807, 2.05) is 19.1 Å². The zero-order chi connectivity index (χ0) is 31.1. The van der Waals surface area contributed by atoms with Gasteiger partial charge in [0.1, 0.15) is 11.5 Å². The van der Waals surface area contributed by atoms with Gasteiger partial charge in [0.25, 0.3) is 0 Å². The van der Waals surface area contributed by atoms with Gasteiger partial charge in [-0.25, -0.2) is 4.79 Å². The summed E-state index contributed by atoms with van der Waals surface area (Å²) in [7, 11) is 0. The molecule has 3 rings (SSSR count). The Labute approximate surface area is 250 Å². The highest BCUT2D eigenvalue weighted by atomic mass is 16.8. The Morgan fingerprint density at radius 3 is 2.45 bits per heavy atom. The average Bonchev–Trinajstić information content (AvgIpc) is 3.21. The van der Waals surface area contributed by atoms with Crippen molar-refractivity contribution in [3.8, 4) is 0 Å². The molecule has 8 heteroatoms. The zero-order valence-corrected chi connectivity index (χ0v) is 26.0. The molecule has 8 nitrogen and oxygen atoms in total. The maximum Gasteiger partial charge on any atom is 0.331 e. The lowest BCUT2D eigenvalue weighted by Crippen LogP contribution is -2.63. The molecule has 1 aliphatic heterocycles. The summed E-state index contributed by atoms with van der Waals surface area (Å²) in [5.74, 6) is -2.02. The van der Waals surface area contributed by atoms with E-state index in [2.05, 4.69) is 33.4 Å². The van der Waals surface area contributed by atoms with Gasteiger partial charge in [0.05, 0.1) is 6.10 Å². The highest BCUT2D eigenvalue weighted by molar-refractivity contribution is 5.82. The van der Waals surface area contributed by atoms with Gasteiger partial charge < -0.3 is 19.3 Å². The Balaban J connectivity index is 2.09. The minimum absolute atomic E-state index is 0.0412. The monoisotopic (exact) mass is 584 g/mol. The lowest BCUT2D eigenvalue weighted by molar-refractivity contribution is -0.256. The van der Waals surface area contributed by atoms with E-state index < -0.39 is 53.5 Å². The van der Waals surface area contributed by atoms with E-state index >= 15 is 0 Å². The number of ether oxygens (including phenoxy) is 4. The third-order valence-corrected chi connectivity index (χ3v) is 9.28. The molecule has 0 aromatic heterocycles. The van der Waals surface area contributed by atoms with E-state index in [-0.39, 0.29) is 11.8 Å². The minimum Gasteiger partial charge on any atom is -0.458 e. The summed E-state index contributed by atoms with van der Waals surface area (Å²) in [5, 5.41) is 11.1. The molecule has 1 N–H and O–H groups in total. The number of hydrogen-bond acceptors (Lipinski definition) is 8. The summed E-state index contributed by atoms with van der Waals surface area (Å²) < 4.78 is 23.7. The highest BCUT2D eigenvalue weighted by Crippen LogP contribution is 2.67. The molecule has 232 valence electrons. The van der Waals surface area contributed by atoms with Gasteiger partial charge in [0, 0.05) is 25.5 Å². The molecule has 1 saturated heterocycles. The van der Waals surface area contributed by atoms with Crippen LogP contribution in [0.3, 0.4) is 0 Å². The molecule has 0 radical (unpaired) electrons. The molecule has 2 fully saturated rings. The summed E-state index contributed by atoms with van der Waals surface area (Å²) in [6.07, 6.45) is 14.2. The largest absolute Gasteiger partial charge is 0.458 e. The van der Waals surface area contributed by atoms with Gasteiger partial charge in [0.2, 0.25) is 12.6 Å². The molecule has 1 heterocycles. The Morgan fingerprint density at radius 1 is 1.10 bits per heavy atom. The van der Waals surface area contributed by atoms with Crippen LogP contribution in [-0.2, 0) is 33.3 Å². The fourth-order valence-corrected chi connectivity index (χ4v) is 6.92. The van der Waals surface area contributed by atoms with E-state index in [1.165, 1.54) is 19.9 Å². The van der Waals surface area contributed by atoms with Crippen molar-refractivity contribution < 1.29 is 38.4 Å². The number of hydrogen-bond donors (Lipinski definition) is 1. The number of carbonyl (C=O) groups excluding carboxylic acids is 3. The van der Waals surface area contributed by atoms with Gasteiger partial charge in [0.15, 0.2) is 0 Å². The van der Waals surface area contributed by atoms with Crippen LogP contribution in [0.2, 0.25) is 0 Å². The number of rotatable bonds is 12. The second kappa shape index (κ2) is 14.5. The topological polar surface area (TPSA) is 108 Å². The number of carbonyl (C=O) groups is 3. The van der Waals surface area contributed by atoms with E-state index in [0.29, 0.717) is 24.8 Å². The molecule has 0 unspecified atom stereocenters. The first-order valence-electron chi connectivity index (χ1n) is 15.1. The first-order chi connectivity index (χ1) is 19.9. The molecule has 1 saturated carbocycles. The van der Waals surface area contributed by atoms with Crippen LogP contribution in [0.15, 0.2) is 60.3 Å². The van der Waals surface area contributed by atoms with Crippen molar-refractivity contribution in [3.63, 3.8) is 0 Å². The normalized spacial score (nSPS) is 34.5. The Bertz CT molecular complexity index is 1130. The van der Waals surface area contributed by atoms with Crippen molar-refractivity contribution in [2.24, 2.45) is 22.7 Å². The van der Waals surface area contributed by atoms with Gasteiger partial charge in [-0.2, -0.15) is 0 Å². The summed E-state index contributed by atoms with van der Waals surface area (Å²) in [5.41, 5.74) is -0.130. The van der Waals surface area contributed by atoms with Gasteiger partial charge in [-0.05, 0) is 62.4 Å². The molecule has 0 bridgehead atoms. The van der Waals surface area contributed by atoms with Gasteiger partial charge in [-0.3, -0.25) is 14.3 Å². The van der Waals surface area contributed by atoms with Crippen LogP contribution in [0.1, 0.15) is 86.5 Å². The van der Waals surface area contributed by atoms with Crippen LogP contribution < -0.4 is 0 Å². The first kappa shape index (κ1) is 33.5. The van der Waals surface area contributed by atoms with Crippen LogP contribution in [0.4, 0.5) is 0 Å². The predicted molar refractivity (Wildman–Crippen MR) is 160 cm³/mol. The Morgan fingerprint density at radius 2 is 1.81 bits per heavy atom. The van der Waals surface area contributed by atoms with Crippen LogP contribution in [0, 0.1) is 22.7 Å². The van der Waals surface area contributed by atoms with Gasteiger partial charge >= 0.3 is 17.9 Å². The van der Waals surface area contributed by atoms with Crippen molar-refractivity contribution in [1.82, 2.24) is 0 Å². The molecule has 42 heavy (non-hydrogen) atoms. The third kappa shape index (κ3) is 7.14. The molecule has 0 amide bonds. The molecule has 8 atom stereocenters. The Hall–Kier alpha value is -2.97. The Kier molecular flexibility index (Phi) is 11.6. The number of aliphatic hydroxyl groups excluding tert-OH is 1. The van der Waals surface area contributed by atoms with Crippen LogP contribution in [0.5, 0.6) is 0 Å². The lowest BCUT2D eigenvalue weighted by atomic mass is 9.45. The molecule has 0 aromatic rings. The lowest BCUT2D eigenvalue weighted by Gasteiger charge is -2.60. The number of aliphatic hydroxyl groups is 1. The van der Waals surface area contributed by atoms with Crippen molar-refractivity contribution in [3.05, 3.63) is 60.3 Å². The fraction of sp³-hybridized carbons (Fsp3) is 0.618. The highest BCUT2D eigenvalue weighted by Gasteiger charge is 2.72. The maximum atomic E-state index is 13.2. The second-order valence-corrected chi connectivity index (χ2v) is 12.1. The van der Waals surface area contributed by atoms with Crippen LogP contribution >= 0.6 is 0 Å². The smallest absolute Gasteiger partial charge is 0.331 e. The average molecular weight is 585 g/mol. The molecule has 3 aliphatic rings. The zero-order valence-electron chi connectivity index (χ0n) is 26.0.